The predicted octanol–water partition coefficient (Wildman–Crippen LogP) is 4.50. The van der Waals surface area contributed by atoms with E-state index < -0.39 is 11.7 Å². The third-order valence-corrected chi connectivity index (χ3v) is 4.23. The standard InChI is InChI=1S/C18H19F3N2OS/c1-23(11-13-6-8-14(9-7-13)18(19,20)21)12-17(24)22-15-4-3-5-16(10-15)25-2/h3-10H,11-12H2,1-2H3,(H,22,24). The SMILES string of the molecule is CSc1cccc(NC(=O)CN(C)Cc2ccc(C(F)(F)F)cc2)c1. The quantitative estimate of drug-likeness (QED) is 0.762. The molecule has 7 heteroatoms. The van der Waals surface area contributed by atoms with Gasteiger partial charge < -0.3 is 5.32 Å². The minimum atomic E-state index is -4.34. The van der Waals surface area contributed by atoms with Crippen molar-refractivity contribution in [3.05, 3.63) is 59.7 Å². The van der Waals surface area contributed by atoms with Gasteiger partial charge in [-0.2, -0.15) is 13.2 Å². The molecule has 25 heavy (non-hydrogen) atoms. The van der Waals surface area contributed by atoms with Crippen LogP contribution < -0.4 is 5.32 Å². The maximum absolute atomic E-state index is 12.6. The third-order valence-electron chi connectivity index (χ3n) is 3.50. The van der Waals surface area contributed by atoms with Crippen molar-refractivity contribution in [3.63, 3.8) is 0 Å². The van der Waals surface area contributed by atoms with Crippen molar-refractivity contribution in [2.24, 2.45) is 0 Å². The molecule has 1 amide bonds. The van der Waals surface area contributed by atoms with Crippen LogP contribution in [-0.2, 0) is 17.5 Å². The molecule has 0 radical (unpaired) electrons. The summed E-state index contributed by atoms with van der Waals surface area (Å²) in [6.07, 6.45) is -2.38. The fraction of sp³-hybridized carbons (Fsp3) is 0.278. The van der Waals surface area contributed by atoms with E-state index in [9.17, 15) is 18.0 Å². The van der Waals surface area contributed by atoms with Crippen molar-refractivity contribution in [2.45, 2.75) is 17.6 Å². The van der Waals surface area contributed by atoms with Crippen LogP contribution in [0.1, 0.15) is 11.1 Å². The van der Waals surface area contributed by atoms with E-state index in [4.69, 9.17) is 0 Å². The molecular weight excluding hydrogens is 349 g/mol. The first-order valence-electron chi connectivity index (χ1n) is 7.56. The molecule has 0 saturated carbocycles. The van der Waals surface area contributed by atoms with E-state index in [1.165, 1.54) is 12.1 Å². The number of thioether (sulfide) groups is 1. The highest BCUT2D eigenvalue weighted by Gasteiger charge is 2.29. The predicted molar refractivity (Wildman–Crippen MR) is 94.6 cm³/mol. The van der Waals surface area contributed by atoms with E-state index in [0.717, 1.165) is 22.7 Å². The molecule has 2 rings (SSSR count). The van der Waals surface area contributed by atoms with Crippen LogP contribution in [0.3, 0.4) is 0 Å². The van der Waals surface area contributed by atoms with Crippen LogP contribution in [0.5, 0.6) is 0 Å². The van der Waals surface area contributed by atoms with Gasteiger partial charge in [-0.15, -0.1) is 11.8 Å². The van der Waals surface area contributed by atoms with Crippen LogP contribution in [0.4, 0.5) is 18.9 Å². The lowest BCUT2D eigenvalue weighted by atomic mass is 10.1. The topological polar surface area (TPSA) is 32.3 Å². The minimum Gasteiger partial charge on any atom is -0.325 e. The molecule has 0 aliphatic rings. The monoisotopic (exact) mass is 368 g/mol. The van der Waals surface area contributed by atoms with Gasteiger partial charge in [-0.1, -0.05) is 18.2 Å². The average Bonchev–Trinajstić information content (AvgIpc) is 2.54. The van der Waals surface area contributed by atoms with Crippen molar-refractivity contribution in [3.8, 4) is 0 Å². The lowest BCUT2D eigenvalue weighted by Crippen LogP contribution is -2.29. The number of carbonyl (C=O) groups is 1. The minimum absolute atomic E-state index is 0.143. The Morgan fingerprint density at radius 3 is 2.44 bits per heavy atom. The first kappa shape index (κ1) is 19.3. The molecule has 2 aromatic rings. The molecular formula is C18H19F3N2OS. The Morgan fingerprint density at radius 1 is 1.16 bits per heavy atom. The van der Waals surface area contributed by atoms with Gasteiger partial charge in [0.2, 0.25) is 5.91 Å². The Balaban J connectivity index is 1.88. The molecule has 0 atom stereocenters. The highest BCUT2D eigenvalue weighted by molar-refractivity contribution is 7.98. The Hall–Kier alpha value is -1.99. The maximum Gasteiger partial charge on any atom is 0.416 e. The molecule has 0 saturated heterocycles. The summed E-state index contributed by atoms with van der Waals surface area (Å²) >= 11 is 1.59. The lowest BCUT2D eigenvalue weighted by Gasteiger charge is -2.17. The van der Waals surface area contributed by atoms with Crippen molar-refractivity contribution >= 4 is 23.4 Å². The number of halogens is 3. The second-order valence-corrected chi connectivity index (χ2v) is 6.53. The summed E-state index contributed by atoms with van der Waals surface area (Å²) in [5, 5.41) is 2.82. The second kappa shape index (κ2) is 8.40. The maximum atomic E-state index is 12.6. The fourth-order valence-corrected chi connectivity index (χ4v) is 2.77. The molecule has 0 unspecified atom stereocenters. The van der Waals surface area contributed by atoms with Gasteiger partial charge in [0.15, 0.2) is 0 Å². The summed E-state index contributed by atoms with van der Waals surface area (Å²) in [6.45, 7) is 0.529. The van der Waals surface area contributed by atoms with Crippen molar-refractivity contribution < 1.29 is 18.0 Å². The molecule has 0 heterocycles. The number of hydrogen-bond acceptors (Lipinski definition) is 3. The van der Waals surface area contributed by atoms with Gasteiger partial charge in [-0.25, -0.2) is 0 Å². The molecule has 1 N–H and O–H groups in total. The van der Waals surface area contributed by atoms with Gasteiger partial charge in [-0.05, 0) is 49.2 Å². The van der Waals surface area contributed by atoms with Crippen LogP contribution in [-0.4, -0.2) is 30.7 Å². The van der Waals surface area contributed by atoms with Crippen LogP contribution in [0, 0.1) is 0 Å². The van der Waals surface area contributed by atoms with Gasteiger partial charge in [0.1, 0.15) is 0 Å². The number of hydrogen-bond donors (Lipinski definition) is 1. The number of anilines is 1. The van der Waals surface area contributed by atoms with Crippen molar-refractivity contribution in [1.29, 1.82) is 0 Å². The molecule has 0 aliphatic carbocycles. The van der Waals surface area contributed by atoms with Crippen LogP contribution in [0.15, 0.2) is 53.4 Å². The van der Waals surface area contributed by atoms with E-state index in [1.54, 1.807) is 23.7 Å². The number of carbonyl (C=O) groups excluding carboxylic acids is 1. The van der Waals surface area contributed by atoms with Crippen LogP contribution in [0.2, 0.25) is 0 Å². The van der Waals surface area contributed by atoms with Gasteiger partial charge in [0.25, 0.3) is 0 Å². The van der Waals surface area contributed by atoms with Crippen LogP contribution >= 0.6 is 11.8 Å². The van der Waals surface area contributed by atoms with Gasteiger partial charge in [-0.3, -0.25) is 9.69 Å². The second-order valence-electron chi connectivity index (χ2n) is 5.65. The zero-order valence-electron chi connectivity index (χ0n) is 13.9. The molecule has 2 aromatic carbocycles. The zero-order valence-corrected chi connectivity index (χ0v) is 14.7. The number of likely N-dealkylation sites (N-methyl/N-ethyl adjacent to an activating group) is 1. The number of nitrogens with zero attached hydrogens (tertiary/aromatic N) is 1. The van der Waals surface area contributed by atoms with E-state index in [1.807, 2.05) is 30.5 Å². The smallest absolute Gasteiger partial charge is 0.325 e. The molecule has 0 fully saturated rings. The normalized spacial score (nSPS) is 11.6. The number of benzene rings is 2. The zero-order chi connectivity index (χ0) is 18.4. The fourth-order valence-electron chi connectivity index (χ4n) is 2.31. The summed E-state index contributed by atoms with van der Waals surface area (Å²) in [4.78, 5) is 14.9. The Morgan fingerprint density at radius 2 is 1.84 bits per heavy atom. The molecule has 0 spiro atoms. The lowest BCUT2D eigenvalue weighted by molar-refractivity contribution is -0.137. The number of alkyl halides is 3. The summed E-state index contributed by atoms with van der Waals surface area (Å²) in [5.74, 6) is -0.173. The third kappa shape index (κ3) is 6.10. The molecule has 0 aromatic heterocycles. The van der Waals surface area contributed by atoms with E-state index in [-0.39, 0.29) is 12.5 Å². The van der Waals surface area contributed by atoms with Gasteiger partial charge >= 0.3 is 6.18 Å². The summed E-state index contributed by atoms with van der Waals surface area (Å²) < 4.78 is 37.7. The number of nitrogens with one attached hydrogen (secondary N) is 1. The molecule has 3 nitrogen and oxygen atoms in total. The highest BCUT2D eigenvalue weighted by atomic mass is 32.2. The van der Waals surface area contributed by atoms with E-state index in [0.29, 0.717) is 12.1 Å². The highest BCUT2D eigenvalue weighted by Crippen LogP contribution is 2.29. The van der Waals surface area contributed by atoms with E-state index >= 15 is 0 Å². The number of rotatable bonds is 6. The van der Waals surface area contributed by atoms with Crippen molar-refractivity contribution in [2.75, 3.05) is 25.2 Å². The van der Waals surface area contributed by atoms with E-state index in [2.05, 4.69) is 5.32 Å². The van der Waals surface area contributed by atoms with Crippen LogP contribution in [0.25, 0.3) is 0 Å². The molecule has 134 valence electrons. The molecule has 0 aliphatic heterocycles. The average molecular weight is 368 g/mol. The van der Waals surface area contributed by atoms with Crippen molar-refractivity contribution in [1.82, 2.24) is 4.90 Å². The summed E-state index contributed by atoms with van der Waals surface area (Å²) in [6, 6.07) is 12.5. The first-order valence-corrected chi connectivity index (χ1v) is 8.79. The summed E-state index contributed by atoms with van der Waals surface area (Å²) in [5.41, 5.74) is 0.762. The summed E-state index contributed by atoms with van der Waals surface area (Å²) in [7, 11) is 1.75. The number of amides is 1. The largest absolute Gasteiger partial charge is 0.416 e. The molecule has 0 bridgehead atoms. The Bertz CT molecular complexity index is 717. The first-order chi connectivity index (χ1) is 11.8. The van der Waals surface area contributed by atoms with Gasteiger partial charge in [0, 0.05) is 17.1 Å². The Kier molecular flexibility index (Phi) is 6.50. The van der Waals surface area contributed by atoms with Gasteiger partial charge in [0.05, 0.1) is 12.1 Å². The Labute approximate surface area is 149 Å².